The molecule has 0 unspecified atom stereocenters. The van der Waals surface area contributed by atoms with E-state index in [1.807, 2.05) is 6.07 Å². The lowest BCUT2D eigenvalue weighted by atomic mass is 9.76. The first-order valence-electron chi connectivity index (χ1n) is 6.43. The van der Waals surface area contributed by atoms with Crippen LogP contribution in [0.2, 0.25) is 0 Å². The van der Waals surface area contributed by atoms with E-state index < -0.39 is 0 Å². The average Bonchev–Trinajstić information content (AvgIpc) is 2.86. The van der Waals surface area contributed by atoms with Crippen LogP contribution < -0.4 is 14.8 Å². The monoisotopic (exact) mass is 233 g/mol. The minimum absolute atomic E-state index is 0.138. The van der Waals surface area contributed by atoms with Gasteiger partial charge in [-0.05, 0) is 37.6 Å². The molecule has 0 bridgehead atoms. The third-order valence-corrected chi connectivity index (χ3v) is 4.11. The van der Waals surface area contributed by atoms with Crippen LogP contribution in [-0.2, 0) is 5.54 Å². The highest BCUT2D eigenvalue weighted by Gasteiger charge is 2.33. The summed E-state index contributed by atoms with van der Waals surface area (Å²) in [4.78, 5) is 0. The largest absolute Gasteiger partial charge is 0.454 e. The van der Waals surface area contributed by atoms with Gasteiger partial charge in [-0.15, -0.1) is 0 Å². The van der Waals surface area contributed by atoms with Crippen molar-refractivity contribution >= 4 is 0 Å². The number of rotatable bonds is 2. The maximum absolute atomic E-state index is 5.47. The van der Waals surface area contributed by atoms with E-state index in [9.17, 15) is 0 Å². The van der Waals surface area contributed by atoms with Crippen molar-refractivity contribution in [2.24, 2.45) is 0 Å². The second-order valence-electron chi connectivity index (χ2n) is 4.96. The summed E-state index contributed by atoms with van der Waals surface area (Å²) in [7, 11) is 2.07. The van der Waals surface area contributed by atoms with E-state index in [4.69, 9.17) is 9.47 Å². The van der Waals surface area contributed by atoms with Gasteiger partial charge in [-0.2, -0.15) is 0 Å². The number of ether oxygens (including phenoxy) is 2. The van der Waals surface area contributed by atoms with Crippen LogP contribution in [0.15, 0.2) is 18.2 Å². The summed E-state index contributed by atoms with van der Waals surface area (Å²) in [5, 5.41) is 3.53. The molecule has 92 valence electrons. The van der Waals surface area contributed by atoms with Gasteiger partial charge in [0.2, 0.25) is 6.79 Å². The lowest BCUT2D eigenvalue weighted by Crippen LogP contribution is -2.41. The number of hydrogen-bond donors (Lipinski definition) is 1. The lowest BCUT2D eigenvalue weighted by Gasteiger charge is -2.37. The van der Waals surface area contributed by atoms with Gasteiger partial charge in [0, 0.05) is 5.54 Å². The fourth-order valence-electron chi connectivity index (χ4n) is 3.03. The molecule has 1 N–H and O–H groups in total. The van der Waals surface area contributed by atoms with Crippen molar-refractivity contribution in [3.63, 3.8) is 0 Å². The molecule has 0 spiro atoms. The molecule has 0 aromatic heterocycles. The Bertz CT molecular complexity index is 411. The lowest BCUT2D eigenvalue weighted by molar-refractivity contribution is 0.173. The van der Waals surface area contributed by atoms with Gasteiger partial charge in [0.15, 0.2) is 11.5 Å². The minimum atomic E-state index is 0.138. The van der Waals surface area contributed by atoms with E-state index >= 15 is 0 Å². The zero-order chi connectivity index (χ0) is 11.7. The van der Waals surface area contributed by atoms with Crippen molar-refractivity contribution in [3.05, 3.63) is 23.8 Å². The van der Waals surface area contributed by atoms with Crippen molar-refractivity contribution in [3.8, 4) is 11.5 Å². The topological polar surface area (TPSA) is 30.5 Å². The normalized spacial score (nSPS) is 21.5. The SMILES string of the molecule is CNC1(c2ccc3c(c2)OCO3)CCCCC1. The van der Waals surface area contributed by atoms with E-state index in [0.717, 1.165) is 11.5 Å². The predicted molar refractivity (Wildman–Crippen MR) is 66.4 cm³/mol. The Morgan fingerprint density at radius 2 is 1.82 bits per heavy atom. The molecule has 1 aliphatic heterocycles. The fourth-order valence-corrected chi connectivity index (χ4v) is 3.03. The Hall–Kier alpha value is -1.22. The molecule has 1 heterocycles. The molecule has 3 rings (SSSR count). The van der Waals surface area contributed by atoms with Crippen LogP contribution in [-0.4, -0.2) is 13.8 Å². The highest BCUT2D eigenvalue weighted by atomic mass is 16.7. The molecule has 2 aliphatic rings. The van der Waals surface area contributed by atoms with E-state index in [-0.39, 0.29) is 5.54 Å². The van der Waals surface area contributed by atoms with Crippen LogP contribution >= 0.6 is 0 Å². The van der Waals surface area contributed by atoms with Gasteiger partial charge in [-0.25, -0.2) is 0 Å². The third kappa shape index (κ3) is 1.78. The zero-order valence-corrected chi connectivity index (χ0v) is 10.3. The van der Waals surface area contributed by atoms with Crippen LogP contribution in [0.1, 0.15) is 37.7 Å². The summed E-state index contributed by atoms with van der Waals surface area (Å²) in [5.41, 5.74) is 1.48. The van der Waals surface area contributed by atoms with Crippen LogP contribution in [0, 0.1) is 0 Å². The average molecular weight is 233 g/mol. The Morgan fingerprint density at radius 1 is 1.06 bits per heavy atom. The number of benzene rings is 1. The molecule has 1 aromatic carbocycles. The van der Waals surface area contributed by atoms with Crippen molar-refractivity contribution in [2.45, 2.75) is 37.6 Å². The highest BCUT2D eigenvalue weighted by molar-refractivity contribution is 5.46. The minimum Gasteiger partial charge on any atom is -0.454 e. The Kier molecular flexibility index (Phi) is 2.71. The quantitative estimate of drug-likeness (QED) is 0.852. The van der Waals surface area contributed by atoms with Gasteiger partial charge in [0.1, 0.15) is 0 Å². The zero-order valence-electron chi connectivity index (χ0n) is 10.3. The van der Waals surface area contributed by atoms with E-state index in [0.29, 0.717) is 6.79 Å². The Labute approximate surface area is 102 Å². The molecule has 1 fully saturated rings. The predicted octanol–water partition coefficient (Wildman–Crippen LogP) is 2.79. The molecular formula is C14H19NO2. The molecule has 0 saturated heterocycles. The van der Waals surface area contributed by atoms with Gasteiger partial charge >= 0.3 is 0 Å². The summed E-state index contributed by atoms with van der Waals surface area (Å²) in [5.74, 6) is 1.76. The highest BCUT2D eigenvalue weighted by Crippen LogP contribution is 2.41. The molecule has 1 saturated carbocycles. The van der Waals surface area contributed by atoms with Crippen LogP contribution in [0.5, 0.6) is 11.5 Å². The summed E-state index contributed by atoms with van der Waals surface area (Å²) < 4.78 is 10.8. The summed E-state index contributed by atoms with van der Waals surface area (Å²) in [6.45, 7) is 0.353. The summed E-state index contributed by atoms with van der Waals surface area (Å²) in [6, 6.07) is 6.35. The summed E-state index contributed by atoms with van der Waals surface area (Å²) >= 11 is 0. The van der Waals surface area contributed by atoms with Crippen molar-refractivity contribution in [2.75, 3.05) is 13.8 Å². The third-order valence-electron chi connectivity index (χ3n) is 4.11. The first-order chi connectivity index (χ1) is 8.34. The smallest absolute Gasteiger partial charge is 0.231 e. The molecular weight excluding hydrogens is 214 g/mol. The molecule has 3 heteroatoms. The van der Waals surface area contributed by atoms with Gasteiger partial charge in [0.05, 0.1) is 0 Å². The van der Waals surface area contributed by atoms with Gasteiger partial charge in [-0.1, -0.05) is 25.3 Å². The maximum Gasteiger partial charge on any atom is 0.231 e. The first kappa shape index (κ1) is 10.9. The number of hydrogen-bond acceptors (Lipinski definition) is 3. The molecule has 0 amide bonds. The van der Waals surface area contributed by atoms with E-state index in [2.05, 4.69) is 24.5 Å². The maximum atomic E-state index is 5.47. The molecule has 3 nitrogen and oxygen atoms in total. The van der Waals surface area contributed by atoms with Gasteiger partial charge in [0.25, 0.3) is 0 Å². The van der Waals surface area contributed by atoms with Crippen molar-refractivity contribution < 1.29 is 9.47 Å². The van der Waals surface area contributed by atoms with Crippen molar-refractivity contribution in [1.29, 1.82) is 0 Å². The first-order valence-corrected chi connectivity index (χ1v) is 6.43. The Balaban J connectivity index is 1.96. The summed E-state index contributed by atoms with van der Waals surface area (Å²) in [6.07, 6.45) is 6.38. The molecule has 0 atom stereocenters. The van der Waals surface area contributed by atoms with Gasteiger partial charge in [-0.3, -0.25) is 0 Å². The molecule has 1 aromatic rings. The Morgan fingerprint density at radius 3 is 2.59 bits per heavy atom. The number of nitrogens with one attached hydrogen (secondary N) is 1. The van der Waals surface area contributed by atoms with Crippen molar-refractivity contribution in [1.82, 2.24) is 5.32 Å². The fraction of sp³-hybridized carbons (Fsp3) is 0.571. The van der Waals surface area contributed by atoms with E-state index in [1.165, 1.54) is 37.7 Å². The van der Waals surface area contributed by atoms with Crippen LogP contribution in [0.4, 0.5) is 0 Å². The second-order valence-corrected chi connectivity index (χ2v) is 4.96. The molecule has 1 aliphatic carbocycles. The van der Waals surface area contributed by atoms with E-state index in [1.54, 1.807) is 0 Å². The molecule has 0 radical (unpaired) electrons. The van der Waals surface area contributed by atoms with Crippen LogP contribution in [0.3, 0.4) is 0 Å². The van der Waals surface area contributed by atoms with Gasteiger partial charge < -0.3 is 14.8 Å². The van der Waals surface area contributed by atoms with Crippen LogP contribution in [0.25, 0.3) is 0 Å². The number of fused-ring (bicyclic) bond motifs is 1. The molecule has 17 heavy (non-hydrogen) atoms. The second kappa shape index (κ2) is 4.22. The standard InChI is InChI=1S/C14H19NO2/c1-15-14(7-3-2-4-8-14)11-5-6-12-13(9-11)17-10-16-12/h5-6,9,15H,2-4,7-8,10H2,1H3.